The Balaban J connectivity index is 3.36. The number of aliphatic hydroxyl groups excluding tert-OH is 1. The molecule has 1 rings (SSSR count). The Hall–Kier alpha value is -1.25. The maximum atomic E-state index is 12.5. The highest BCUT2D eigenvalue weighted by Gasteiger charge is 2.17. The highest BCUT2D eigenvalue weighted by atomic mass is 35.5. The van der Waals surface area contributed by atoms with Crippen LogP contribution in [0.2, 0.25) is 0 Å². The van der Waals surface area contributed by atoms with Gasteiger partial charge < -0.3 is 5.11 Å². The van der Waals surface area contributed by atoms with E-state index in [-0.39, 0.29) is 17.1 Å². The van der Waals surface area contributed by atoms with Gasteiger partial charge in [0, 0.05) is 11.1 Å². The Morgan fingerprint density at radius 3 is 2.60 bits per heavy atom. The molecule has 0 aromatic carbocycles. The molecule has 1 heterocycles. The number of hydrogen-bond donors (Lipinski definition) is 1. The third kappa shape index (κ3) is 2.41. The highest BCUT2D eigenvalue weighted by molar-refractivity contribution is 6.17. The molecule has 6 heteroatoms. The minimum Gasteiger partial charge on any atom is -0.392 e. The van der Waals surface area contributed by atoms with E-state index >= 15 is 0 Å². The summed E-state index contributed by atoms with van der Waals surface area (Å²) in [6.07, 6.45) is -2.82. The molecule has 0 aliphatic rings. The molecule has 0 atom stereocenters. The Kier molecular flexibility index (Phi) is 3.95. The van der Waals surface area contributed by atoms with Gasteiger partial charge in [-0.25, -0.2) is 13.8 Å². The van der Waals surface area contributed by atoms with Gasteiger partial charge in [-0.1, -0.05) is 0 Å². The highest BCUT2D eigenvalue weighted by Crippen LogP contribution is 2.24. The molecule has 0 bridgehead atoms. The molecular formula is C9H7ClF2N2O. The normalized spacial score (nSPS) is 10.4. The summed E-state index contributed by atoms with van der Waals surface area (Å²) in [4.78, 5) is 3.48. The van der Waals surface area contributed by atoms with E-state index in [1.807, 2.05) is 0 Å². The van der Waals surface area contributed by atoms with Gasteiger partial charge in [-0.15, -0.1) is 11.6 Å². The van der Waals surface area contributed by atoms with E-state index in [0.717, 1.165) is 0 Å². The van der Waals surface area contributed by atoms with Crippen molar-refractivity contribution in [3.63, 3.8) is 0 Å². The maximum Gasteiger partial charge on any atom is 0.280 e. The lowest BCUT2D eigenvalue weighted by atomic mass is 10.1. The van der Waals surface area contributed by atoms with E-state index in [0.29, 0.717) is 5.56 Å². The van der Waals surface area contributed by atoms with Crippen molar-refractivity contribution in [2.24, 2.45) is 0 Å². The first-order chi connectivity index (χ1) is 7.13. The van der Waals surface area contributed by atoms with Gasteiger partial charge >= 0.3 is 0 Å². The van der Waals surface area contributed by atoms with E-state index < -0.39 is 18.7 Å². The molecule has 0 unspecified atom stereocenters. The zero-order valence-corrected chi connectivity index (χ0v) is 8.30. The second kappa shape index (κ2) is 5.01. The van der Waals surface area contributed by atoms with Crippen LogP contribution < -0.4 is 0 Å². The van der Waals surface area contributed by atoms with E-state index in [2.05, 4.69) is 4.98 Å². The zero-order valence-electron chi connectivity index (χ0n) is 7.54. The molecule has 0 saturated heterocycles. The second-order valence-electron chi connectivity index (χ2n) is 2.74. The third-order valence-corrected chi connectivity index (χ3v) is 2.13. The average Bonchev–Trinajstić information content (AvgIpc) is 2.26. The van der Waals surface area contributed by atoms with E-state index in [9.17, 15) is 8.78 Å². The number of pyridine rings is 1. The van der Waals surface area contributed by atoms with E-state index in [4.69, 9.17) is 22.0 Å². The topological polar surface area (TPSA) is 56.9 Å². The number of hydrogen-bond acceptors (Lipinski definition) is 3. The first kappa shape index (κ1) is 11.8. The number of aromatic nitrogens is 1. The van der Waals surface area contributed by atoms with Crippen molar-refractivity contribution < 1.29 is 13.9 Å². The van der Waals surface area contributed by atoms with Gasteiger partial charge in [0.1, 0.15) is 17.5 Å². The van der Waals surface area contributed by atoms with Crippen LogP contribution in [0.25, 0.3) is 0 Å². The molecule has 1 aromatic rings. The van der Waals surface area contributed by atoms with Gasteiger partial charge in [0.15, 0.2) is 0 Å². The average molecular weight is 233 g/mol. The molecule has 1 N–H and O–H groups in total. The van der Waals surface area contributed by atoms with Crippen molar-refractivity contribution >= 4 is 11.6 Å². The van der Waals surface area contributed by atoms with Crippen LogP contribution in [0.4, 0.5) is 8.78 Å². The summed E-state index contributed by atoms with van der Waals surface area (Å²) in [5.41, 5.74) is -0.354. The summed E-state index contributed by atoms with van der Waals surface area (Å²) in [7, 11) is 0. The molecule has 0 amide bonds. The maximum absolute atomic E-state index is 12.5. The fraction of sp³-hybridized carbons (Fsp3) is 0.333. The van der Waals surface area contributed by atoms with E-state index in [1.165, 1.54) is 6.07 Å². The van der Waals surface area contributed by atoms with Crippen LogP contribution >= 0.6 is 11.6 Å². The second-order valence-corrected chi connectivity index (χ2v) is 3.01. The molecular weight excluding hydrogens is 226 g/mol. The largest absolute Gasteiger partial charge is 0.392 e. The van der Waals surface area contributed by atoms with Crippen LogP contribution in [0, 0.1) is 11.3 Å². The number of nitriles is 1. The molecule has 0 fully saturated rings. The van der Waals surface area contributed by atoms with Crippen LogP contribution in [0.1, 0.15) is 28.9 Å². The first-order valence-corrected chi connectivity index (χ1v) is 4.55. The number of nitrogens with zero attached hydrogens (tertiary/aromatic N) is 2. The molecule has 1 aromatic heterocycles. The van der Waals surface area contributed by atoms with Gasteiger partial charge in [-0.2, -0.15) is 5.26 Å². The smallest absolute Gasteiger partial charge is 0.280 e. The molecule has 0 spiro atoms. The summed E-state index contributed by atoms with van der Waals surface area (Å²) in [5.74, 6) is -0.00753. The Morgan fingerprint density at radius 2 is 2.20 bits per heavy atom. The quantitative estimate of drug-likeness (QED) is 0.812. The molecule has 0 aliphatic heterocycles. The van der Waals surface area contributed by atoms with Crippen LogP contribution in [-0.4, -0.2) is 10.1 Å². The van der Waals surface area contributed by atoms with Crippen LogP contribution in [0.15, 0.2) is 6.07 Å². The number of halogens is 3. The summed E-state index contributed by atoms with van der Waals surface area (Å²) in [6, 6.07) is 2.96. The minimum absolute atomic E-state index is 0.000324. The van der Waals surface area contributed by atoms with Crippen molar-refractivity contribution in [3.8, 4) is 6.07 Å². The van der Waals surface area contributed by atoms with Crippen molar-refractivity contribution in [1.82, 2.24) is 4.98 Å². The fourth-order valence-electron chi connectivity index (χ4n) is 1.13. The van der Waals surface area contributed by atoms with Crippen molar-refractivity contribution in [3.05, 3.63) is 28.6 Å². The molecule has 0 aliphatic carbocycles. The molecule has 80 valence electrons. The lowest BCUT2D eigenvalue weighted by Gasteiger charge is -2.08. The van der Waals surface area contributed by atoms with Gasteiger partial charge in [-0.3, -0.25) is 0 Å². The molecule has 0 radical (unpaired) electrons. The zero-order chi connectivity index (χ0) is 11.4. The van der Waals surface area contributed by atoms with Crippen LogP contribution in [0.5, 0.6) is 0 Å². The van der Waals surface area contributed by atoms with E-state index in [1.54, 1.807) is 6.07 Å². The summed E-state index contributed by atoms with van der Waals surface area (Å²) in [6.45, 7) is -0.553. The van der Waals surface area contributed by atoms with Crippen LogP contribution in [0.3, 0.4) is 0 Å². The predicted molar refractivity (Wildman–Crippen MR) is 49.4 cm³/mol. The minimum atomic E-state index is -2.82. The molecule has 15 heavy (non-hydrogen) atoms. The SMILES string of the molecule is N#Cc1nc(C(F)F)c(CO)cc1CCl. The number of alkyl halides is 3. The van der Waals surface area contributed by atoms with Crippen molar-refractivity contribution in [2.45, 2.75) is 18.9 Å². The standard InChI is InChI=1S/C9H7ClF2N2O/c10-2-5-1-6(4-15)8(9(11)12)14-7(5)3-13/h1,9,15H,2,4H2. The molecule has 0 saturated carbocycles. The van der Waals surface area contributed by atoms with Gasteiger partial charge in [0.05, 0.1) is 12.5 Å². The van der Waals surface area contributed by atoms with Crippen LogP contribution in [-0.2, 0) is 12.5 Å². The Morgan fingerprint density at radius 1 is 1.53 bits per heavy atom. The summed E-state index contributed by atoms with van der Waals surface area (Å²) < 4.78 is 24.9. The Labute approximate surface area is 89.9 Å². The molecule has 3 nitrogen and oxygen atoms in total. The lowest BCUT2D eigenvalue weighted by molar-refractivity contribution is 0.141. The summed E-state index contributed by atoms with van der Waals surface area (Å²) >= 11 is 5.51. The monoisotopic (exact) mass is 232 g/mol. The number of aliphatic hydroxyl groups is 1. The lowest BCUT2D eigenvalue weighted by Crippen LogP contribution is -2.04. The third-order valence-electron chi connectivity index (χ3n) is 1.84. The van der Waals surface area contributed by atoms with Gasteiger partial charge in [0.2, 0.25) is 0 Å². The first-order valence-electron chi connectivity index (χ1n) is 4.01. The summed E-state index contributed by atoms with van der Waals surface area (Å²) in [5, 5.41) is 17.5. The fourth-order valence-corrected chi connectivity index (χ4v) is 1.33. The van der Waals surface area contributed by atoms with Gasteiger partial charge in [0.25, 0.3) is 6.43 Å². The van der Waals surface area contributed by atoms with Crippen molar-refractivity contribution in [1.29, 1.82) is 5.26 Å². The van der Waals surface area contributed by atoms with Gasteiger partial charge in [-0.05, 0) is 6.07 Å². The predicted octanol–water partition coefficient (Wildman–Crippen LogP) is 2.12. The van der Waals surface area contributed by atoms with Crippen molar-refractivity contribution in [2.75, 3.05) is 0 Å². The number of rotatable bonds is 3. The Bertz CT molecular complexity index is 404.